The van der Waals surface area contributed by atoms with E-state index in [-0.39, 0.29) is 17.0 Å². The number of aromatic hydroxyl groups is 1. The number of nitrogen functional groups attached to an aromatic ring is 1. The van der Waals surface area contributed by atoms with Crippen LogP contribution in [-0.2, 0) is 0 Å². The zero-order chi connectivity index (χ0) is 13.1. The van der Waals surface area contributed by atoms with Crippen LogP contribution in [0.5, 0.6) is 5.75 Å². The van der Waals surface area contributed by atoms with Crippen LogP contribution in [0.2, 0.25) is 0 Å². The molecule has 92 valence electrons. The van der Waals surface area contributed by atoms with E-state index in [0.717, 1.165) is 6.07 Å². The summed E-state index contributed by atoms with van der Waals surface area (Å²) in [7, 11) is 0. The number of amides is 1. The Morgan fingerprint density at radius 2 is 1.94 bits per heavy atom. The van der Waals surface area contributed by atoms with Crippen molar-refractivity contribution in [3.63, 3.8) is 0 Å². The highest BCUT2D eigenvalue weighted by Crippen LogP contribution is 2.20. The van der Waals surface area contributed by atoms with Crippen LogP contribution in [-0.4, -0.2) is 11.0 Å². The number of anilines is 2. The van der Waals surface area contributed by atoms with Gasteiger partial charge in [0.1, 0.15) is 11.6 Å². The Balaban J connectivity index is 2.22. The fraction of sp³-hybridized carbons (Fsp3) is 0. The number of phenols is 1. The second kappa shape index (κ2) is 4.75. The number of rotatable bonds is 2. The zero-order valence-electron chi connectivity index (χ0n) is 9.35. The fourth-order valence-corrected chi connectivity index (χ4v) is 1.49. The molecule has 2 rings (SSSR count). The van der Waals surface area contributed by atoms with E-state index < -0.39 is 11.7 Å². The quantitative estimate of drug-likeness (QED) is 0.712. The molecule has 0 fully saturated rings. The predicted octanol–water partition coefficient (Wildman–Crippen LogP) is 2.37. The molecule has 0 bridgehead atoms. The number of hydrogen-bond donors (Lipinski definition) is 3. The molecule has 0 aliphatic heterocycles. The summed E-state index contributed by atoms with van der Waals surface area (Å²) in [5.41, 5.74) is 5.84. The number of para-hydroxylation sites is 1. The summed E-state index contributed by atoms with van der Waals surface area (Å²) in [5, 5.41) is 12.0. The van der Waals surface area contributed by atoms with Crippen molar-refractivity contribution in [2.45, 2.75) is 0 Å². The number of carbonyl (C=O) groups is 1. The average Bonchev–Trinajstić information content (AvgIpc) is 2.34. The van der Waals surface area contributed by atoms with Crippen molar-refractivity contribution in [2.75, 3.05) is 11.1 Å². The Hall–Kier alpha value is -2.56. The minimum absolute atomic E-state index is 0.0508. The van der Waals surface area contributed by atoms with Crippen LogP contribution in [0.1, 0.15) is 10.4 Å². The second-order valence-electron chi connectivity index (χ2n) is 3.71. The highest BCUT2D eigenvalue weighted by molar-refractivity contribution is 6.06. The molecule has 0 spiro atoms. The second-order valence-corrected chi connectivity index (χ2v) is 3.71. The number of phenolic OH excluding ortho intramolecular Hbond substituents is 1. The summed E-state index contributed by atoms with van der Waals surface area (Å²) in [4.78, 5) is 11.8. The maximum Gasteiger partial charge on any atom is 0.259 e. The molecule has 0 radical (unpaired) electrons. The molecule has 4 nitrogen and oxygen atoms in total. The predicted molar refractivity (Wildman–Crippen MR) is 66.9 cm³/mol. The Morgan fingerprint density at radius 3 is 2.61 bits per heavy atom. The van der Waals surface area contributed by atoms with Gasteiger partial charge in [-0.1, -0.05) is 12.1 Å². The van der Waals surface area contributed by atoms with Crippen LogP contribution in [0, 0.1) is 5.82 Å². The molecule has 18 heavy (non-hydrogen) atoms. The van der Waals surface area contributed by atoms with Crippen molar-refractivity contribution in [3.05, 3.63) is 53.8 Å². The maximum atomic E-state index is 12.9. The van der Waals surface area contributed by atoms with E-state index in [1.54, 1.807) is 12.1 Å². The van der Waals surface area contributed by atoms with Crippen molar-refractivity contribution < 1.29 is 14.3 Å². The van der Waals surface area contributed by atoms with Gasteiger partial charge >= 0.3 is 0 Å². The van der Waals surface area contributed by atoms with E-state index in [1.165, 1.54) is 24.3 Å². The lowest BCUT2D eigenvalue weighted by Crippen LogP contribution is -2.12. The van der Waals surface area contributed by atoms with Crippen LogP contribution in [0.4, 0.5) is 15.8 Å². The van der Waals surface area contributed by atoms with Crippen molar-refractivity contribution in [1.29, 1.82) is 0 Å². The number of carbonyl (C=O) groups excluding carboxylic acids is 1. The molecule has 4 N–H and O–H groups in total. The van der Waals surface area contributed by atoms with Crippen molar-refractivity contribution in [1.82, 2.24) is 0 Å². The van der Waals surface area contributed by atoms with Gasteiger partial charge in [0, 0.05) is 5.69 Å². The van der Waals surface area contributed by atoms with E-state index in [2.05, 4.69) is 5.32 Å². The molecule has 0 saturated heterocycles. The maximum absolute atomic E-state index is 12.9. The lowest BCUT2D eigenvalue weighted by molar-refractivity contribution is 0.102. The van der Waals surface area contributed by atoms with Gasteiger partial charge in [-0.25, -0.2) is 4.39 Å². The standard InChI is InChI=1S/C13H11FN2O2/c14-10-6-5-8(7-11(10)15)16-13(18)9-3-1-2-4-12(9)17/h1-7,17H,15H2,(H,16,18). The van der Waals surface area contributed by atoms with Gasteiger partial charge in [-0.3, -0.25) is 4.79 Å². The third-order valence-corrected chi connectivity index (χ3v) is 2.40. The van der Waals surface area contributed by atoms with Crippen molar-refractivity contribution in [2.24, 2.45) is 0 Å². The molecular formula is C13H11FN2O2. The topological polar surface area (TPSA) is 75.3 Å². The van der Waals surface area contributed by atoms with Gasteiger partial charge in [-0.15, -0.1) is 0 Å². The average molecular weight is 246 g/mol. The first-order valence-electron chi connectivity index (χ1n) is 5.22. The Bertz CT molecular complexity index is 599. The van der Waals surface area contributed by atoms with Gasteiger partial charge in [0.2, 0.25) is 0 Å². The number of benzene rings is 2. The molecule has 0 aliphatic rings. The summed E-state index contributed by atoms with van der Waals surface area (Å²) in [6.07, 6.45) is 0. The van der Waals surface area contributed by atoms with Gasteiger partial charge in [0.05, 0.1) is 11.3 Å². The monoisotopic (exact) mass is 246 g/mol. The lowest BCUT2D eigenvalue weighted by atomic mass is 10.2. The molecule has 0 aromatic heterocycles. The summed E-state index contributed by atoms with van der Waals surface area (Å²) in [6.45, 7) is 0. The largest absolute Gasteiger partial charge is 0.507 e. The minimum Gasteiger partial charge on any atom is -0.507 e. The summed E-state index contributed by atoms with van der Waals surface area (Å²) in [5.74, 6) is -1.15. The first kappa shape index (κ1) is 11.9. The third-order valence-electron chi connectivity index (χ3n) is 2.40. The molecule has 2 aromatic rings. The van der Waals surface area contributed by atoms with Gasteiger partial charge in [-0.2, -0.15) is 0 Å². The molecule has 0 saturated carbocycles. The Morgan fingerprint density at radius 1 is 1.22 bits per heavy atom. The summed E-state index contributed by atoms with van der Waals surface area (Å²) >= 11 is 0. The number of hydrogen-bond acceptors (Lipinski definition) is 3. The SMILES string of the molecule is Nc1cc(NC(=O)c2ccccc2O)ccc1F. The Labute approximate surface area is 103 Å². The fourth-order valence-electron chi connectivity index (χ4n) is 1.49. The van der Waals surface area contributed by atoms with E-state index in [4.69, 9.17) is 5.73 Å². The highest BCUT2D eigenvalue weighted by Gasteiger charge is 2.10. The third kappa shape index (κ3) is 2.40. The first-order chi connectivity index (χ1) is 8.58. The lowest BCUT2D eigenvalue weighted by Gasteiger charge is -2.07. The molecule has 1 amide bonds. The molecule has 0 atom stereocenters. The van der Waals surface area contributed by atoms with Crippen molar-refractivity contribution >= 4 is 17.3 Å². The molecular weight excluding hydrogens is 235 g/mol. The molecule has 0 heterocycles. The smallest absolute Gasteiger partial charge is 0.259 e. The number of nitrogens with two attached hydrogens (primary N) is 1. The van der Waals surface area contributed by atoms with E-state index in [9.17, 15) is 14.3 Å². The highest BCUT2D eigenvalue weighted by atomic mass is 19.1. The van der Waals surface area contributed by atoms with Crippen LogP contribution >= 0.6 is 0 Å². The van der Waals surface area contributed by atoms with Gasteiger partial charge in [0.25, 0.3) is 5.91 Å². The Kier molecular flexibility index (Phi) is 3.14. The van der Waals surface area contributed by atoms with E-state index in [0.29, 0.717) is 5.69 Å². The minimum atomic E-state index is -0.546. The summed E-state index contributed by atoms with van der Waals surface area (Å²) < 4.78 is 12.9. The van der Waals surface area contributed by atoms with Gasteiger partial charge < -0.3 is 16.2 Å². The first-order valence-corrected chi connectivity index (χ1v) is 5.22. The molecule has 0 aliphatic carbocycles. The van der Waals surface area contributed by atoms with Crippen molar-refractivity contribution in [3.8, 4) is 5.75 Å². The number of nitrogens with one attached hydrogen (secondary N) is 1. The van der Waals surface area contributed by atoms with Crippen LogP contribution in [0.15, 0.2) is 42.5 Å². The summed E-state index contributed by atoms with van der Waals surface area (Å²) in [6, 6.07) is 10.0. The molecule has 2 aromatic carbocycles. The van der Waals surface area contributed by atoms with Gasteiger partial charge in [-0.05, 0) is 30.3 Å². The molecule has 5 heteroatoms. The normalized spacial score (nSPS) is 10.1. The number of halogens is 1. The van der Waals surface area contributed by atoms with Crippen LogP contribution < -0.4 is 11.1 Å². The van der Waals surface area contributed by atoms with Gasteiger partial charge in [0.15, 0.2) is 0 Å². The van der Waals surface area contributed by atoms with Crippen LogP contribution in [0.25, 0.3) is 0 Å². The van der Waals surface area contributed by atoms with E-state index in [1.807, 2.05) is 0 Å². The van der Waals surface area contributed by atoms with Crippen LogP contribution in [0.3, 0.4) is 0 Å². The molecule has 0 unspecified atom stereocenters. The zero-order valence-corrected chi connectivity index (χ0v) is 9.35. The van der Waals surface area contributed by atoms with E-state index >= 15 is 0 Å².